The molecule has 4 rings (SSSR count). The molecule has 0 aliphatic rings. The number of fused-ring (bicyclic) bond motifs is 1. The molecule has 5 heteroatoms. The summed E-state index contributed by atoms with van der Waals surface area (Å²) in [6, 6.07) is 14.7. The molecule has 0 saturated heterocycles. The second kappa shape index (κ2) is 8.56. The van der Waals surface area contributed by atoms with Crippen LogP contribution in [0, 0.1) is 0 Å². The summed E-state index contributed by atoms with van der Waals surface area (Å²) in [5, 5.41) is 1.23. The largest absolute Gasteiger partial charge is 0.337 e. The predicted octanol–water partition coefficient (Wildman–Crippen LogP) is 3.92. The number of aromatic nitrogens is 4. The molecular weight excluding hydrogens is 334 g/mol. The fourth-order valence-corrected chi connectivity index (χ4v) is 3.39. The first-order valence-electron chi connectivity index (χ1n) is 9.28. The van der Waals surface area contributed by atoms with Gasteiger partial charge in [-0.3, -0.25) is 14.9 Å². The van der Waals surface area contributed by atoms with Gasteiger partial charge in [0.25, 0.3) is 0 Å². The number of para-hydroxylation sites is 1. The van der Waals surface area contributed by atoms with Gasteiger partial charge in [-0.2, -0.15) is 0 Å². The fourth-order valence-electron chi connectivity index (χ4n) is 3.39. The standard InChI is InChI=1S/C22H23N5/c1-2-5-22-21(4-1)20(8-11-25-22)17-27(16-19-6-9-23-10-7-19)14-3-13-26-15-12-24-18-26/h1-2,4-12,15,18H,3,13-14,16-17H2. The van der Waals surface area contributed by atoms with Gasteiger partial charge in [-0.15, -0.1) is 0 Å². The molecule has 0 amide bonds. The molecule has 3 heterocycles. The Morgan fingerprint density at radius 1 is 0.852 bits per heavy atom. The highest BCUT2D eigenvalue weighted by Crippen LogP contribution is 2.19. The molecule has 0 unspecified atom stereocenters. The van der Waals surface area contributed by atoms with E-state index in [-0.39, 0.29) is 0 Å². The summed E-state index contributed by atoms with van der Waals surface area (Å²) >= 11 is 0. The van der Waals surface area contributed by atoms with E-state index in [9.17, 15) is 0 Å². The van der Waals surface area contributed by atoms with E-state index < -0.39 is 0 Å². The Bertz CT molecular complexity index is 961. The van der Waals surface area contributed by atoms with Gasteiger partial charge in [0.05, 0.1) is 11.8 Å². The molecule has 0 bridgehead atoms. The summed E-state index contributed by atoms with van der Waals surface area (Å²) < 4.78 is 2.13. The topological polar surface area (TPSA) is 46.8 Å². The fraction of sp³-hybridized carbons (Fsp3) is 0.227. The molecule has 4 aromatic rings. The van der Waals surface area contributed by atoms with Gasteiger partial charge >= 0.3 is 0 Å². The van der Waals surface area contributed by atoms with Crippen molar-refractivity contribution in [2.45, 2.75) is 26.1 Å². The van der Waals surface area contributed by atoms with Crippen molar-refractivity contribution in [3.05, 3.63) is 90.9 Å². The Morgan fingerprint density at radius 3 is 2.59 bits per heavy atom. The summed E-state index contributed by atoms with van der Waals surface area (Å²) in [4.78, 5) is 15.2. The van der Waals surface area contributed by atoms with Gasteiger partial charge in [-0.25, -0.2) is 4.98 Å². The number of nitrogens with zero attached hydrogens (tertiary/aromatic N) is 5. The van der Waals surface area contributed by atoms with Gasteiger partial charge in [0.1, 0.15) is 0 Å². The molecule has 0 aliphatic carbocycles. The molecule has 0 spiro atoms. The molecular formula is C22H23N5. The van der Waals surface area contributed by atoms with Crippen molar-refractivity contribution < 1.29 is 0 Å². The van der Waals surface area contributed by atoms with Crippen molar-refractivity contribution in [1.29, 1.82) is 0 Å². The second-order valence-electron chi connectivity index (χ2n) is 6.71. The number of aryl methyl sites for hydroxylation is 1. The third-order valence-corrected chi connectivity index (χ3v) is 4.74. The quantitative estimate of drug-likeness (QED) is 0.479. The maximum absolute atomic E-state index is 4.49. The van der Waals surface area contributed by atoms with Crippen LogP contribution in [0.15, 0.2) is 79.8 Å². The lowest BCUT2D eigenvalue weighted by atomic mass is 10.1. The van der Waals surface area contributed by atoms with Crippen LogP contribution >= 0.6 is 0 Å². The van der Waals surface area contributed by atoms with Crippen LogP contribution in [0.1, 0.15) is 17.5 Å². The molecule has 3 aromatic heterocycles. The van der Waals surface area contributed by atoms with Gasteiger partial charge in [0.2, 0.25) is 0 Å². The summed E-state index contributed by atoms with van der Waals surface area (Å²) in [7, 11) is 0. The third kappa shape index (κ3) is 4.57. The lowest BCUT2D eigenvalue weighted by Crippen LogP contribution is -2.25. The highest BCUT2D eigenvalue weighted by molar-refractivity contribution is 5.81. The summed E-state index contributed by atoms with van der Waals surface area (Å²) in [5.41, 5.74) is 3.65. The first kappa shape index (κ1) is 17.4. The van der Waals surface area contributed by atoms with Crippen LogP contribution < -0.4 is 0 Å². The highest BCUT2D eigenvalue weighted by Gasteiger charge is 2.10. The number of benzene rings is 1. The number of imidazole rings is 1. The Kier molecular flexibility index (Phi) is 5.50. The minimum atomic E-state index is 0.898. The van der Waals surface area contributed by atoms with Crippen molar-refractivity contribution >= 4 is 10.9 Å². The minimum Gasteiger partial charge on any atom is -0.337 e. The molecule has 0 radical (unpaired) electrons. The van der Waals surface area contributed by atoms with Crippen molar-refractivity contribution in [3.8, 4) is 0 Å². The third-order valence-electron chi connectivity index (χ3n) is 4.74. The molecule has 0 atom stereocenters. The maximum Gasteiger partial charge on any atom is 0.0945 e. The lowest BCUT2D eigenvalue weighted by molar-refractivity contribution is 0.249. The zero-order valence-electron chi connectivity index (χ0n) is 15.3. The Balaban J connectivity index is 1.51. The average Bonchev–Trinajstić information content (AvgIpc) is 3.22. The van der Waals surface area contributed by atoms with Gasteiger partial charge in [-0.1, -0.05) is 18.2 Å². The van der Waals surface area contributed by atoms with Gasteiger partial charge < -0.3 is 4.57 Å². The lowest BCUT2D eigenvalue weighted by Gasteiger charge is -2.23. The maximum atomic E-state index is 4.49. The highest BCUT2D eigenvalue weighted by atomic mass is 15.1. The van der Waals surface area contributed by atoms with E-state index in [1.54, 1.807) is 0 Å². The molecule has 0 saturated carbocycles. The molecule has 0 fully saturated rings. The first-order chi connectivity index (χ1) is 13.4. The van der Waals surface area contributed by atoms with E-state index in [0.717, 1.165) is 38.1 Å². The van der Waals surface area contributed by atoms with E-state index in [1.807, 2.05) is 43.4 Å². The van der Waals surface area contributed by atoms with E-state index in [1.165, 1.54) is 16.5 Å². The normalized spacial score (nSPS) is 11.3. The van der Waals surface area contributed by atoms with Gasteiger partial charge in [0.15, 0.2) is 0 Å². The van der Waals surface area contributed by atoms with Crippen molar-refractivity contribution in [2.75, 3.05) is 6.54 Å². The average molecular weight is 357 g/mol. The number of hydrogen-bond acceptors (Lipinski definition) is 4. The van der Waals surface area contributed by atoms with E-state index in [4.69, 9.17) is 0 Å². The van der Waals surface area contributed by atoms with Gasteiger partial charge in [0, 0.05) is 62.5 Å². The van der Waals surface area contributed by atoms with Crippen LogP contribution in [-0.4, -0.2) is 31.0 Å². The van der Waals surface area contributed by atoms with Crippen LogP contribution in [-0.2, 0) is 19.6 Å². The Morgan fingerprint density at radius 2 is 1.74 bits per heavy atom. The molecule has 136 valence electrons. The smallest absolute Gasteiger partial charge is 0.0945 e. The zero-order valence-corrected chi connectivity index (χ0v) is 15.3. The van der Waals surface area contributed by atoms with Crippen LogP contribution in [0.5, 0.6) is 0 Å². The SMILES string of the molecule is c1ccc2c(CN(CCCn3ccnc3)Cc3ccncc3)ccnc2c1. The Hall–Kier alpha value is -3.05. The summed E-state index contributed by atoms with van der Waals surface area (Å²) in [6.45, 7) is 3.79. The number of hydrogen-bond donors (Lipinski definition) is 0. The number of rotatable bonds is 8. The molecule has 5 nitrogen and oxygen atoms in total. The van der Waals surface area contributed by atoms with E-state index in [0.29, 0.717) is 0 Å². The molecule has 0 aliphatic heterocycles. The first-order valence-corrected chi connectivity index (χ1v) is 9.28. The van der Waals surface area contributed by atoms with E-state index >= 15 is 0 Å². The van der Waals surface area contributed by atoms with Crippen molar-refractivity contribution in [3.63, 3.8) is 0 Å². The van der Waals surface area contributed by atoms with Crippen LogP contribution in [0.25, 0.3) is 10.9 Å². The predicted molar refractivity (Wildman–Crippen MR) is 107 cm³/mol. The van der Waals surface area contributed by atoms with Crippen LogP contribution in [0.3, 0.4) is 0 Å². The summed E-state index contributed by atoms with van der Waals surface area (Å²) in [5.74, 6) is 0. The Labute approximate surface area is 159 Å². The molecule has 1 aromatic carbocycles. The summed E-state index contributed by atoms with van der Waals surface area (Å²) in [6.07, 6.45) is 12.4. The van der Waals surface area contributed by atoms with Gasteiger partial charge in [-0.05, 0) is 41.8 Å². The number of pyridine rings is 2. The van der Waals surface area contributed by atoms with Crippen LogP contribution in [0.4, 0.5) is 0 Å². The monoisotopic (exact) mass is 357 g/mol. The second-order valence-corrected chi connectivity index (χ2v) is 6.71. The van der Waals surface area contributed by atoms with E-state index in [2.05, 4.69) is 60.8 Å². The van der Waals surface area contributed by atoms with Crippen molar-refractivity contribution in [2.24, 2.45) is 0 Å². The van der Waals surface area contributed by atoms with Crippen LogP contribution in [0.2, 0.25) is 0 Å². The minimum absolute atomic E-state index is 0.898. The molecule has 27 heavy (non-hydrogen) atoms. The van der Waals surface area contributed by atoms with Crippen molar-refractivity contribution in [1.82, 2.24) is 24.4 Å². The molecule has 0 N–H and O–H groups in total. The zero-order chi connectivity index (χ0) is 18.3.